The lowest BCUT2D eigenvalue weighted by molar-refractivity contribution is 0.327. The van der Waals surface area contributed by atoms with Gasteiger partial charge < -0.3 is 55.1 Å². The number of pyridine rings is 2. The average molecular weight is 623 g/mol. The number of aromatic nitrogens is 2. The number of phenols is 9. The van der Waals surface area contributed by atoms with Gasteiger partial charge in [-0.1, -0.05) is 24.3 Å². The molecule has 9 N–H and O–H groups in total. The fourth-order valence-electron chi connectivity index (χ4n) is 5.96. The van der Waals surface area contributed by atoms with Crippen LogP contribution in [0.25, 0.3) is 55.0 Å². The Kier molecular flexibility index (Phi) is 5.71. The first-order valence-corrected chi connectivity index (χ1v) is 13.6. The predicted molar refractivity (Wildman–Crippen MR) is 167 cm³/mol. The Morgan fingerprint density at radius 3 is 1.13 bits per heavy atom. The Hall–Kier alpha value is -6.76. The molecule has 5 aromatic carbocycles. The monoisotopic (exact) mass is 622 g/mol. The lowest BCUT2D eigenvalue weighted by Gasteiger charge is -2.22. The lowest BCUT2D eigenvalue weighted by atomic mass is 10.0. The molecule has 0 fully saturated rings. The van der Waals surface area contributed by atoms with Crippen LogP contribution in [0, 0.1) is 6.92 Å². The van der Waals surface area contributed by atoms with Gasteiger partial charge in [0.2, 0.25) is 17.2 Å². The zero-order valence-electron chi connectivity index (χ0n) is 23.5. The largest absolute Gasteiger partial charge is 0.504 e. The summed E-state index contributed by atoms with van der Waals surface area (Å²) in [7, 11) is 0. The molecule has 230 valence electrons. The Labute approximate surface area is 255 Å². The maximum atomic E-state index is 14.0. The summed E-state index contributed by atoms with van der Waals surface area (Å²) in [6.45, 7) is 1.26. The number of para-hydroxylation sites is 2. The van der Waals surface area contributed by atoms with E-state index in [1.165, 1.54) is 47.9 Å². The first-order chi connectivity index (χ1) is 21.9. The van der Waals surface area contributed by atoms with E-state index in [2.05, 4.69) is 0 Å². The maximum Gasteiger partial charge on any atom is 0.208 e. The summed E-state index contributed by atoms with van der Waals surface area (Å²) in [5, 5.41) is 95.8. The topological polar surface area (TPSA) is 226 Å². The highest BCUT2D eigenvalue weighted by molar-refractivity contribution is 6.06. The SMILES string of the molecule is Cc1c(O)c(O)c(-n2c3ccccc3c(=O)c3cc4c(cc32)c(=O)c2ccccc2n4-c2c(O)c(O)c(O)c(O)c2O)c(O)c1O. The van der Waals surface area contributed by atoms with Gasteiger partial charge in [-0.25, -0.2) is 0 Å². The standard InChI is InChI=1S/C33H22N2O11/c1-12-23(36)27(40)21(28(41)24(12)37)34-17-8-4-2-6-13(17)25(38)15-11-20-16(10-19(15)34)26(39)14-7-3-5-9-18(14)35(20)22-29(42)31(44)33(46)32(45)30(22)43/h2-11,36-37,40-46H,1H3. The van der Waals surface area contributed by atoms with Crippen LogP contribution in [0.2, 0.25) is 0 Å². The molecule has 0 atom stereocenters. The summed E-state index contributed by atoms with van der Waals surface area (Å²) in [5.41, 5.74) is -2.49. The number of hydrogen-bond acceptors (Lipinski definition) is 11. The minimum absolute atomic E-state index is 0.0335. The quantitative estimate of drug-likeness (QED) is 0.0752. The number of fused-ring (bicyclic) bond motifs is 4. The zero-order valence-corrected chi connectivity index (χ0v) is 23.5. The Balaban J connectivity index is 1.79. The molecular formula is C33H22N2O11. The van der Waals surface area contributed by atoms with Gasteiger partial charge >= 0.3 is 0 Å². The summed E-state index contributed by atoms with van der Waals surface area (Å²) in [5.74, 6) is -8.79. The smallest absolute Gasteiger partial charge is 0.208 e. The summed E-state index contributed by atoms with van der Waals surface area (Å²) < 4.78 is 2.31. The minimum atomic E-state index is -1.20. The summed E-state index contributed by atoms with van der Waals surface area (Å²) >= 11 is 0. The van der Waals surface area contributed by atoms with Crippen LogP contribution < -0.4 is 10.9 Å². The fourth-order valence-corrected chi connectivity index (χ4v) is 5.96. The predicted octanol–water partition coefficient (Wildman–Crippen LogP) is 4.26. The number of rotatable bonds is 2. The molecule has 7 rings (SSSR count). The van der Waals surface area contributed by atoms with E-state index in [1.807, 2.05) is 0 Å². The second kappa shape index (κ2) is 9.37. The molecule has 13 nitrogen and oxygen atoms in total. The van der Waals surface area contributed by atoms with Crippen molar-refractivity contribution >= 4 is 43.6 Å². The highest BCUT2D eigenvalue weighted by atomic mass is 16.4. The van der Waals surface area contributed by atoms with E-state index in [9.17, 15) is 55.5 Å². The molecule has 0 aliphatic rings. The molecule has 0 amide bonds. The second-order valence-corrected chi connectivity index (χ2v) is 10.7. The van der Waals surface area contributed by atoms with Gasteiger partial charge in [0.25, 0.3) is 0 Å². The van der Waals surface area contributed by atoms with Crippen molar-refractivity contribution in [2.45, 2.75) is 6.92 Å². The van der Waals surface area contributed by atoms with Crippen LogP contribution in [0.5, 0.6) is 51.7 Å². The highest BCUT2D eigenvalue weighted by Gasteiger charge is 2.29. The normalized spacial score (nSPS) is 11.7. The molecule has 0 saturated carbocycles. The molecular weight excluding hydrogens is 600 g/mol. The van der Waals surface area contributed by atoms with E-state index in [1.54, 1.807) is 24.3 Å². The molecule has 0 radical (unpaired) electrons. The van der Waals surface area contributed by atoms with Crippen LogP contribution in [-0.2, 0) is 0 Å². The van der Waals surface area contributed by atoms with Gasteiger partial charge in [0, 0.05) is 27.1 Å². The molecule has 0 aliphatic heterocycles. The first kappa shape index (κ1) is 28.0. The number of benzene rings is 5. The zero-order chi connectivity index (χ0) is 32.9. The van der Waals surface area contributed by atoms with E-state index in [4.69, 9.17) is 0 Å². The van der Waals surface area contributed by atoms with Crippen LogP contribution in [0.15, 0.2) is 70.3 Å². The van der Waals surface area contributed by atoms with Crippen molar-refractivity contribution in [1.82, 2.24) is 9.13 Å². The Bertz CT molecular complexity index is 2400. The van der Waals surface area contributed by atoms with Crippen molar-refractivity contribution in [3.05, 3.63) is 86.7 Å². The van der Waals surface area contributed by atoms with Crippen LogP contribution in [0.3, 0.4) is 0 Å². The van der Waals surface area contributed by atoms with Crippen LogP contribution in [0.4, 0.5) is 0 Å². The van der Waals surface area contributed by atoms with Crippen LogP contribution in [0.1, 0.15) is 5.56 Å². The molecule has 0 bridgehead atoms. The maximum absolute atomic E-state index is 14.0. The molecule has 46 heavy (non-hydrogen) atoms. The van der Waals surface area contributed by atoms with Gasteiger partial charge in [-0.05, 0) is 43.3 Å². The van der Waals surface area contributed by atoms with E-state index < -0.39 is 74.0 Å². The summed E-state index contributed by atoms with van der Waals surface area (Å²) in [4.78, 5) is 28.0. The molecule has 0 unspecified atom stereocenters. The van der Waals surface area contributed by atoms with Crippen molar-refractivity contribution in [2.75, 3.05) is 0 Å². The summed E-state index contributed by atoms with van der Waals surface area (Å²) in [6, 6.07) is 14.6. The third-order valence-corrected chi connectivity index (χ3v) is 8.26. The molecule has 2 aromatic heterocycles. The molecule has 2 heterocycles. The van der Waals surface area contributed by atoms with Crippen molar-refractivity contribution in [3.63, 3.8) is 0 Å². The molecule has 13 heteroatoms. The fraction of sp³-hybridized carbons (Fsp3) is 0.0303. The van der Waals surface area contributed by atoms with Gasteiger partial charge in [-0.15, -0.1) is 0 Å². The van der Waals surface area contributed by atoms with Crippen LogP contribution in [-0.4, -0.2) is 55.1 Å². The Morgan fingerprint density at radius 2 is 0.739 bits per heavy atom. The van der Waals surface area contributed by atoms with Crippen molar-refractivity contribution in [3.8, 4) is 63.1 Å². The van der Waals surface area contributed by atoms with Crippen molar-refractivity contribution < 1.29 is 46.0 Å². The average Bonchev–Trinajstić information content (AvgIpc) is 3.07. The summed E-state index contributed by atoms with van der Waals surface area (Å²) in [6.07, 6.45) is 0. The van der Waals surface area contributed by atoms with E-state index in [0.29, 0.717) is 0 Å². The number of hydrogen-bond donors (Lipinski definition) is 9. The Morgan fingerprint density at radius 1 is 0.413 bits per heavy atom. The third-order valence-electron chi connectivity index (χ3n) is 8.26. The van der Waals surface area contributed by atoms with E-state index in [0.717, 1.165) is 4.57 Å². The van der Waals surface area contributed by atoms with Gasteiger partial charge in [0.1, 0.15) is 11.4 Å². The molecule has 7 aromatic rings. The van der Waals surface area contributed by atoms with Crippen molar-refractivity contribution in [1.29, 1.82) is 0 Å². The number of aromatic hydroxyl groups is 9. The minimum Gasteiger partial charge on any atom is -0.504 e. The molecule has 0 saturated heterocycles. The van der Waals surface area contributed by atoms with E-state index in [-0.39, 0.29) is 49.2 Å². The van der Waals surface area contributed by atoms with Gasteiger partial charge in [0.15, 0.2) is 45.4 Å². The molecule has 0 aliphatic carbocycles. The second-order valence-electron chi connectivity index (χ2n) is 10.7. The van der Waals surface area contributed by atoms with Gasteiger partial charge in [-0.2, -0.15) is 0 Å². The van der Waals surface area contributed by atoms with Gasteiger partial charge in [0.05, 0.1) is 22.1 Å². The van der Waals surface area contributed by atoms with E-state index >= 15 is 0 Å². The molecule has 0 spiro atoms. The highest BCUT2D eigenvalue weighted by Crippen LogP contribution is 2.54. The number of phenolic OH excluding ortho intramolecular Hbond substituents is 9. The third kappa shape index (κ3) is 3.44. The van der Waals surface area contributed by atoms with Crippen LogP contribution >= 0.6 is 0 Å². The first-order valence-electron chi connectivity index (χ1n) is 13.6. The number of nitrogens with zero attached hydrogens (tertiary/aromatic N) is 2. The van der Waals surface area contributed by atoms with Crippen molar-refractivity contribution in [2.24, 2.45) is 0 Å². The van der Waals surface area contributed by atoms with Gasteiger partial charge in [-0.3, -0.25) is 9.59 Å². The lowest BCUT2D eigenvalue weighted by Crippen LogP contribution is -2.15.